The first-order valence-electron chi connectivity index (χ1n) is 6.76. The zero-order valence-electron chi connectivity index (χ0n) is 11.3. The van der Waals surface area contributed by atoms with Gasteiger partial charge in [0.05, 0.1) is 0 Å². The molecule has 0 saturated heterocycles. The van der Waals surface area contributed by atoms with Gasteiger partial charge >= 0.3 is 0 Å². The lowest BCUT2D eigenvalue weighted by Crippen LogP contribution is -2.33. The number of ether oxygens (including phenoxy) is 1. The molecule has 1 amide bonds. The number of hydrogen-bond acceptors (Lipinski definition) is 2. The minimum absolute atomic E-state index is 0.144. The maximum absolute atomic E-state index is 12.4. The molecule has 1 aromatic rings. The standard InChI is InChI=1S/C15H20ClNO2/c1-17(10-6-2-5-9-16)15(18)13-11-19-14-8-4-3-7-12(13)14/h3-4,7-8,13H,2,5-6,9-11H2,1H3. The second-order valence-corrected chi connectivity index (χ2v) is 5.29. The number of amides is 1. The Bertz CT molecular complexity index is 436. The van der Waals surface area contributed by atoms with Gasteiger partial charge in [-0.3, -0.25) is 4.79 Å². The quantitative estimate of drug-likeness (QED) is 0.592. The van der Waals surface area contributed by atoms with E-state index >= 15 is 0 Å². The molecule has 1 aromatic carbocycles. The smallest absolute Gasteiger partial charge is 0.233 e. The number of likely N-dealkylation sites (N-methyl/N-ethyl adjacent to an activating group) is 1. The summed E-state index contributed by atoms with van der Waals surface area (Å²) in [4.78, 5) is 14.2. The van der Waals surface area contributed by atoms with Crippen LogP contribution in [0.4, 0.5) is 0 Å². The summed E-state index contributed by atoms with van der Waals surface area (Å²) < 4.78 is 5.56. The lowest BCUT2D eigenvalue weighted by Gasteiger charge is -2.20. The van der Waals surface area contributed by atoms with Crippen LogP contribution in [0.15, 0.2) is 24.3 Å². The molecule has 0 aromatic heterocycles. The van der Waals surface area contributed by atoms with Crippen LogP contribution in [0.5, 0.6) is 5.75 Å². The molecule has 0 radical (unpaired) electrons. The van der Waals surface area contributed by atoms with Gasteiger partial charge in [-0.25, -0.2) is 0 Å². The summed E-state index contributed by atoms with van der Waals surface area (Å²) in [5.74, 6) is 1.54. The Kier molecular flexibility index (Phi) is 5.08. The SMILES string of the molecule is CN(CCCCCCl)C(=O)C1COc2ccccc21. The number of benzene rings is 1. The third-order valence-electron chi connectivity index (χ3n) is 3.50. The highest BCUT2D eigenvalue weighted by atomic mass is 35.5. The summed E-state index contributed by atoms with van der Waals surface area (Å²) in [6, 6.07) is 7.78. The van der Waals surface area contributed by atoms with Gasteiger partial charge in [-0.1, -0.05) is 24.6 Å². The van der Waals surface area contributed by atoms with Crippen molar-refractivity contribution in [2.45, 2.75) is 25.2 Å². The molecule has 0 fully saturated rings. The number of halogens is 1. The van der Waals surface area contributed by atoms with E-state index in [0.29, 0.717) is 12.5 Å². The molecule has 19 heavy (non-hydrogen) atoms. The van der Waals surface area contributed by atoms with Gasteiger partial charge in [0.2, 0.25) is 5.91 Å². The molecule has 2 rings (SSSR count). The van der Waals surface area contributed by atoms with Gasteiger partial charge in [0, 0.05) is 25.0 Å². The average molecular weight is 282 g/mol. The molecule has 104 valence electrons. The van der Waals surface area contributed by atoms with Crippen LogP contribution in [0.1, 0.15) is 30.7 Å². The summed E-state index contributed by atoms with van der Waals surface area (Å²) >= 11 is 5.64. The fourth-order valence-electron chi connectivity index (χ4n) is 2.36. The maximum atomic E-state index is 12.4. The van der Waals surface area contributed by atoms with Crippen molar-refractivity contribution in [3.63, 3.8) is 0 Å². The van der Waals surface area contributed by atoms with E-state index in [9.17, 15) is 4.79 Å². The molecule has 0 bridgehead atoms. The van der Waals surface area contributed by atoms with Crippen molar-refractivity contribution in [3.8, 4) is 5.75 Å². The molecule has 4 heteroatoms. The highest BCUT2D eigenvalue weighted by molar-refractivity contribution is 6.17. The third kappa shape index (κ3) is 3.41. The Morgan fingerprint density at radius 2 is 2.16 bits per heavy atom. The van der Waals surface area contributed by atoms with Crippen LogP contribution in [0.3, 0.4) is 0 Å². The molecular formula is C15H20ClNO2. The van der Waals surface area contributed by atoms with Crippen molar-refractivity contribution in [2.24, 2.45) is 0 Å². The number of fused-ring (bicyclic) bond motifs is 1. The molecule has 1 aliphatic heterocycles. The first kappa shape index (κ1) is 14.2. The molecule has 0 N–H and O–H groups in total. The van der Waals surface area contributed by atoms with Gasteiger partial charge < -0.3 is 9.64 Å². The Morgan fingerprint density at radius 1 is 1.37 bits per heavy atom. The van der Waals surface area contributed by atoms with Gasteiger partial charge in [-0.2, -0.15) is 0 Å². The number of carbonyl (C=O) groups excluding carboxylic acids is 1. The molecule has 0 aliphatic carbocycles. The monoisotopic (exact) mass is 281 g/mol. The number of carbonyl (C=O) groups is 1. The predicted molar refractivity (Wildman–Crippen MR) is 76.9 cm³/mol. The van der Waals surface area contributed by atoms with Crippen molar-refractivity contribution in [1.82, 2.24) is 4.90 Å². The Hall–Kier alpha value is -1.22. The first-order valence-corrected chi connectivity index (χ1v) is 7.30. The summed E-state index contributed by atoms with van der Waals surface area (Å²) in [7, 11) is 1.87. The van der Waals surface area contributed by atoms with Crippen LogP contribution in [0.2, 0.25) is 0 Å². The number of unbranched alkanes of at least 4 members (excludes halogenated alkanes) is 2. The number of alkyl halides is 1. The third-order valence-corrected chi connectivity index (χ3v) is 3.77. The second kappa shape index (κ2) is 6.80. The van der Waals surface area contributed by atoms with Crippen molar-refractivity contribution in [2.75, 3.05) is 26.1 Å². The largest absolute Gasteiger partial charge is 0.492 e. The zero-order chi connectivity index (χ0) is 13.7. The molecule has 1 unspecified atom stereocenters. The summed E-state index contributed by atoms with van der Waals surface area (Å²) in [5, 5.41) is 0. The van der Waals surface area contributed by atoms with E-state index in [1.165, 1.54) is 0 Å². The normalized spacial score (nSPS) is 16.8. The fourth-order valence-corrected chi connectivity index (χ4v) is 2.55. The molecule has 1 atom stereocenters. The van der Waals surface area contributed by atoms with Gasteiger partial charge in [0.25, 0.3) is 0 Å². The molecule has 0 spiro atoms. The predicted octanol–water partition coefficient (Wildman–Crippen LogP) is 3.03. The molecular weight excluding hydrogens is 262 g/mol. The lowest BCUT2D eigenvalue weighted by atomic mass is 10.00. The van der Waals surface area contributed by atoms with Crippen molar-refractivity contribution < 1.29 is 9.53 Å². The second-order valence-electron chi connectivity index (χ2n) is 4.91. The Balaban J connectivity index is 1.90. The molecule has 3 nitrogen and oxygen atoms in total. The van der Waals surface area contributed by atoms with E-state index in [0.717, 1.165) is 37.1 Å². The Labute approximate surface area is 119 Å². The first-order chi connectivity index (χ1) is 9.24. The lowest BCUT2D eigenvalue weighted by molar-refractivity contribution is -0.131. The van der Waals surface area contributed by atoms with E-state index in [2.05, 4.69) is 0 Å². The Morgan fingerprint density at radius 3 is 2.95 bits per heavy atom. The van der Waals surface area contributed by atoms with E-state index in [4.69, 9.17) is 16.3 Å². The van der Waals surface area contributed by atoms with E-state index in [1.54, 1.807) is 0 Å². The summed E-state index contributed by atoms with van der Waals surface area (Å²) in [6.07, 6.45) is 3.09. The maximum Gasteiger partial charge on any atom is 0.233 e. The zero-order valence-corrected chi connectivity index (χ0v) is 12.0. The van der Waals surface area contributed by atoms with E-state index in [1.807, 2.05) is 36.2 Å². The van der Waals surface area contributed by atoms with Crippen molar-refractivity contribution >= 4 is 17.5 Å². The summed E-state index contributed by atoms with van der Waals surface area (Å²) in [6.45, 7) is 1.25. The highest BCUT2D eigenvalue weighted by Gasteiger charge is 2.31. The number of hydrogen-bond donors (Lipinski definition) is 0. The van der Waals surface area contributed by atoms with E-state index < -0.39 is 0 Å². The van der Waals surface area contributed by atoms with Crippen LogP contribution in [-0.4, -0.2) is 36.9 Å². The summed E-state index contributed by atoms with van der Waals surface area (Å²) in [5.41, 5.74) is 1.01. The highest BCUT2D eigenvalue weighted by Crippen LogP contribution is 2.34. The van der Waals surface area contributed by atoms with Crippen LogP contribution in [-0.2, 0) is 4.79 Å². The molecule has 0 saturated carbocycles. The molecule has 1 aliphatic rings. The fraction of sp³-hybridized carbons (Fsp3) is 0.533. The van der Waals surface area contributed by atoms with E-state index in [-0.39, 0.29) is 11.8 Å². The topological polar surface area (TPSA) is 29.5 Å². The number of rotatable bonds is 6. The molecule has 1 heterocycles. The number of nitrogens with zero attached hydrogens (tertiary/aromatic N) is 1. The van der Waals surface area contributed by atoms with Crippen LogP contribution < -0.4 is 4.74 Å². The average Bonchev–Trinajstić information content (AvgIpc) is 2.86. The van der Waals surface area contributed by atoms with Crippen LogP contribution in [0.25, 0.3) is 0 Å². The van der Waals surface area contributed by atoms with Crippen LogP contribution in [0, 0.1) is 0 Å². The van der Waals surface area contributed by atoms with Gasteiger partial charge in [0.1, 0.15) is 18.3 Å². The van der Waals surface area contributed by atoms with Gasteiger partial charge in [-0.05, 0) is 18.9 Å². The van der Waals surface area contributed by atoms with Gasteiger partial charge in [-0.15, -0.1) is 11.6 Å². The van der Waals surface area contributed by atoms with Crippen molar-refractivity contribution in [1.29, 1.82) is 0 Å². The van der Waals surface area contributed by atoms with Crippen LogP contribution >= 0.6 is 11.6 Å². The van der Waals surface area contributed by atoms with Crippen molar-refractivity contribution in [3.05, 3.63) is 29.8 Å². The van der Waals surface area contributed by atoms with Gasteiger partial charge in [0.15, 0.2) is 0 Å². The number of para-hydroxylation sites is 1. The minimum Gasteiger partial charge on any atom is -0.492 e. The minimum atomic E-state index is -0.144.